The molecule has 4 nitrogen and oxygen atoms in total. The molecule has 0 spiro atoms. The Morgan fingerprint density at radius 1 is 1.40 bits per heavy atom. The van der Waals surface area contributed by atoms with Crippen LogP contribution in [0.5, 0.6) is 5.88 Å². The molecule has 0 radical (unpaired) electrons. The van der Waals surface area contributed by atoms with Crippen molar-refractivity contribution in [1.29, 1.82) is 0 Å². The first-order chi connectivity index (χ1) is 7.31. The molecule has 1 saturated carbocycles. The van der Waals surface area contributed by atoms with Crippen molar-refractivity contribution in [2.75, 3.05) is 19.1 Å². The molecule has 0 atom stereocenters. The van der Waals surface area contributed by atoms with E-state index in [1.165, 1.54) is 25.7 Å². The highest BCUT2D eigenvalue weighted by Crippen LogP contribution is 2.25. The van der Waals surface area contributed by atoms with Crippen molar-refractivity contribution >= 4 is 5.95 Å². The van der Waals surface area contributed by atoms with E-state index >= 15 is 0 Å². The largest absolute Gasteiger partial charge is 0.481 e. The highest BCUT2D eigenvalue weighted by molar-refractivity contribution is 5.32. The molecule has 0 N–H and O–H groups in total. The molecule has 0 aromatic carbocycles. The van der Waals surface area contributed by atoms with Gasteiger partial charge in [-0.25, -0.2) is 4.98 Å². The molecule has 0 unspecified atom stereocenters. The number of hydrogen-bond acceptors (Lipinski definition) is 4. The zero-order valence-corrected chi connectivity index (χ0v) is 9.31. The van der Waals surface area contributed by atoms with E-state index in [2.05, 4.69) is 21.9 Å². The zero-order chi connectivity index (χ0) is 10.7. The molecular formula is C11H17N3O. The van der Waals surface area contributed by atoms with Gasteiger partial charge in [0.2, 0.25) is 11.8 Å². The fourth-order valence-electron chi connectivity index (χ4n) is 2.07. The average molecular weight is 207 g/mol. The van der Waals surface area contributed by atoms with Crippen molar-refractivity contribution in [3.63, 3.8) is 0 Å². The van der Waals surface area contributed by atoms with Crippen LogP contribution in [0.3, 0.4) is 0 Å². The van der Waals surface area contributed by atoms with Crippen LogP contribution in [-0.4, -0.2) is 30.2 Å². The van der Waals surface area contributed by atoms with Crippen molar-refractivity contribution in [2.24, 2.45) is 0 Å². The molecular weight excluding hydrogens is 190 g/mol. The lowest BCUT2D eigenvalue weighted by Gasteiger charge is -2.24. The van der Waals surface area contributed by atoms with Gasteiger partial charge in [0.1, 0.15) is 0 Å². The molecule has 1 aliphatic carbocycles. The Morgan fingerprint density at radius 2 is 2.13 bits per heavy atom. The van der Waals surface area contributed by atoms with Crippen LogP contribution in [0, 0.1) is 0 Å². The monoisotopic (exact) mass is 207 g/mol. The van der Waals surface area contributed by atoms with Gasteiger partial charge in [0.15, 0.2) is 0 Å². The Hall–Kier alpha value is -1.32. The third kappa shape index (κ3) is 2.19. The van der Waals surface area contributed by atoms with Gasteiger partial charge < -0.3 is 9.64 Å². The van der Waals surface area contributed by atoms with E-state index < -0.39 is 0 Å². The van der Waals surface area contributed by atoms with Crippen LogP contribution in [0.1, 0.15) is 25.7 Å². The van der Waals surface area contributed by atoms with Crippen molar-refractivity contribution in [2.45, 2.75) is 31.7 Å². The number of anilines is 1. The van der Waals surface area contributed by atoms with Gasteiger partial charge in [0, 0.05) is 25.4 Å². The highest BCUT2D eigenvalue weighted by atomic mass is 16.5. The minimum atomic E-state index is 0.595. The smallest absolute Gasteiger partial charge is 0.228 e. The first kappa shape index (κ1) is 10.2. The summed E-state index contributed by atoms with van der Waals surface area (Å²) in [5.74, 6) is 1.39. The fraction of sp³-hybridized carbons (Fsp3) is 0.636. The Kier molecular flexibility index (Phi) is 3.04. The van der Waals surface area contributed by atoms with Gasteiger partial charge in [-0.1, -0.05) is 12.8 Å². The summed E-state index contributed by atoms with van der Waals surface area (Å²) in [6, 6.07) is 2.36. The molecule has 15 heavy (non-hydrogen) atoms. The van der Waals surface area contributed by atoms with Crippen LogP contribution >= 0.6 is 0 Å². The first-order valence-electron chi connectivity index (χ1n) is 5.41. The number of rotatable bonds is 3. The van der Waals surface area contributed by atoms with E-state index in [0.717, 1.165) is 5.95 Å². The van der Waals surface area contributed by atoms with Gasteiger partial charge in [0.25, 0.3) is 0 Å². The molecule has 2 rings (SSSR count). The van der Waals surface area contributed by atoms with Gasteiger partial charge >= 0.3 is 0 Å². The molecule has 0 bridgehead atoms. The van der Waals surface area contributed by atoms with E-state index in [0.29, 0.717) is 11.9 Å². The van der Waals surface area contributed by atoms with E-state index in [9.17, 15) is 0 Å². The zero-order valence-electron chi connectivity index (χ0n) is 9.31. The van der Waals surface area contributed by atoms with Crippen molar-refractivity contribution < 1.29 is 4.74 Å². The van der Waals surface area contributed by atoms with Crippen LogP contribution in [0.4, 0.5) is 5.95 Å². The third-order valence-electron chi connectivity index (χ3n) is 3.01. The summed E-state index contributed by atoms with van der Waals surface area (Å²) in [5.41, 5.74) is 0. The molecule has 82 valence electrons. The Morgan fingerprint density at radius 3 is 2.80 bits per heavy atom. The predicted octanol–water partition coefficient (Wildman–Crippen LogP) is 1.86. The summed E-state index contributed by atoms with van der Waals surface area (Å²) in [6.07, 6.45) is 6.87. The molecule has 1 heterocycles. The van der Waals surface area contributed by atoms with Crippen LogP contribution in [0.15, 0.2) is 12.3 Å². The highest BCUT2D eigenvalue weighted by Gasteiger charge is 2.21. The number of hydrogen-bond donors (Lipinski definition) is 0. The minimum Gasteiger partial charge on any atom is -0.481 e. The minimum absolute atomic E-state index is 0.595. The second-order valence-electron chi connectivity index (χ2n) is 3.95. The Labute approximate surface area is 90.3 Å². The maximum Gasteiger partial charge on any atom is 0.228 e. The number of aromatic nitrogens is 2. The average Bonchev–Trinajstić information content (AvgIpc) is 2.81. The number of methoxy groups -OCH3 is 1. The Bertz CT molecular complexity index is 323. The standard InChI is InChI=1S/C11H17N3O/c1-14(9-5-3-4-6-9)11-12-8-7-10(13-11)15-2/h7-9H,3-6H2,1-2H3. The van der Waals surface area contributed by atoms with Gasteiger partial charge in [-0.2, -0.15) is 4.98 Å². The van der Waals surface area contributed by atoms with E-state index in [1.54, 1.807) is 19.4 Å². The number of nitrogens with zero attached hydrogens (tertiary/aromatic N) is 3. The summed E-state index contributed by atoms with van der Waals surface area (Å²) >= 11 is 0. The normalized spacial score (nSPS) is 16.7. The fourth-order valence-corrected chi connectivity index (χ4v) is 2.07. The lowest BCUT2D eigenvalue weighted by molar-refractivity contribution is 0.396. The van der Waals surface area contributed by atoms with Crippen molar-refractivity contribution in [3.8, 4) is 5.88 Å². The summed E-state index contributed by atoms with van der Waals surface area (Å²) in [7, 11) is 3.69. The van der Waals surface area contributed by atoms with E-state index in [4.69, 9.17) is 4.74 Å². The van der Waals surface area contributed by atoms with Crippen LogP contribution < -0.4 is 9.64 Å². The Balaban J connectivity index is 2.13. The summed E-state index contributed by atoms with van der Waals surface area (Å²) < 4.78 is 5.09. The molecule has 1 aliphatic rings. The van der Waals surface area contributed by atoms with Crippen LogP contribution in [0.25, 0.3) is 0 Å². The van der Waals surface area contributed by atoms with Gasteiger partial charge in [-0.3, -0.25) is 0 Å². The predicted molar refractivity (Wildman–Crippen MR) is 59.2 cm³/mol. The lowest BCUT2D eigenvalue weighted by Crippen LogP contribution is -2.30. The lowest BCUT2D eigenvalue weighted by atomic mass is 10.2. The summed E-state index contributed by atoms with van der Waals surface area (Å²) in [5, 5.41) is 0. The molecule has 1 aromatic rings. The van der Waals surface area contributed by atoms with Gasteiger partial charge in [0.05, 0.1) is 7.11 Å². The van der Waals surface area contributed by atoms with Gasteiger partial charge in [-0.15, -0.1) is 0 Å². The topological polar surface area (TPSA) is 38.2 Å². The first-order valence-corrected chi connectivity index (χ1v) is 5.41. The van der Waals surface area contributed by atoms with Crippen molar-refractivity contribution in [3.05, 3.63) is 12.3 Å². The number of ether oxygens (including phenoxy) is 1. The molecule has 1 fully saturated rings. The SMILES string of the molecule is COc1ccnc(N(C)C2CCCC2)n1. The maximum atomic E-state index is 5.09. The molecule has 0 amide bonds. The summed E-state index contributed by atoms with van der Waals surface area (Å²) in [4.78, 5) is 10.8. The molecule has 0 aliphatic heterocycles. The van der Waals surface area contributed by atoms with Crippen LogP contribution in [-0.2, 0) is 0 Å². The van der Waals surface area contributed by atoms with E-state index in [-0.39, 0.29) is 0 Å². The van der Waals surface area contributed by atoms with Gasteiger partial charge in [-0.05, 0) is 12.8 Å². The molecule has 4 heteroatoms. The van der Waals surface area contributed by atoms with Crippen LogP contribution in [0.2, 0.25) is 0 Å². The third-order valence-corrected chi connectivity index (χ3v) is 3.01. The molecule has 1 aromatic heterocycles. The summed E-state index contributed by atoms with van der Waals surface area (Å²) in [6.45, 7) is 0. The second-order valence-corrected chi connectivity index (χ2v) is 3.95. The van der Waals surface area contributed by atoms with E-state index in [1.807, 2.05) is 0 Å². The second kappa shape index (κ2) is 4.47. The van der Waals surface area contributed by atoms with Crippen molar-refractivity contribution in [1.82, 2.24) is 9.97 Å². The maximum absolute atomic E-state index is 5.09. The molecule has 0 saturated heterocycles. The quantitative estimate of drug-likeness (QED) is 0.758.